The van der Waals surface area contributed by atoms with Crippen molar-refractivity contribution in [2.45, 2.75) is 45.8 Å². The number of methoxy groups -OCH3 is 1. The van der Waals surface area contributed by atoms with Crippen LogP contribution in [0, 0.1) is 0 Å². The van der Waals surface area contributed by atoms with Gasteiger partial charge in [-0.1, -0.05) is 44.2 Å². The van der Waals surface area contributed by atoms with Gasteiger partial charge < -0.3 is 14.8 Å². The molecule has 2 atom stereocenters. The third kappa shape index (κ3) is 4.99. The SMILES string of the molecule is COc1ccc([C@@H](C)NC(=O)[C@@H](C)Oc2ccccc2C(C)C)cc1. The Morgan fingerprint density at radius 1 is 0.960 bits per heavy atom. The van der Waals surface area contributed by atoms with Crippen molar-refractivity contribution >= 4 is 5.91 Å². The number of hydrogen-bond donors (Lipinski definition) is 1. The molecule has 2 rings (SSSR count). The van der Waals surface area contributed by atoms with E-state index in [0.29, 0.717) is 5.92 Å². The maximum atomic E-state index is 12.5. The molecule has 0 aliphatic heterocycles. The molecule has 25 heavy (non-hydrogen) atoms. The lowest BCUT2D eigenvalue weighted by atomic mass is 10.0. The lowest BCUT2D eigenvalue weighted by Crippen LogP contribution is -2.37. The van der Waals surface area contributed by atoms with E-state index in [0.717, 1.165) is 22.6 Å². The molecule has 4 nitrogen and oxygen atoms in total. The predicted octanol–water partition coefficient (Wildman–Crippen LogP) is 4.46. The smallest absolute Gasteiger partial charge is 0.261 e. The Morgan fingerprint density at radius 3 is 2.20 bits per heavy atom. The normalized spacial score (nSPS) is 13.2. The summed E-state index contributed by atoms with van der Waals surface area (Å²) in [5, 5.41) is 3.00. The second kappa shape index (κ2) is 8.56. The van der Waals surface area contributed by atoms with Crippen molar-refractivity contribution in [3.8, 4) is 11.5 Å². The average molecular weight is 341 g/mol. The summed E-state index contributed by atoms with van der Waals surface area (Å²) >= 11 is 0. The number of hydrogen-bond acceptors (Lipinski definition) is 3. The van der Waals surface area contributed by atoms with Crippen molar-refractivity contribution in [2.75, 3.05) is 7.11 Å². The van der Waals surface area contributed by atoms with E-state index in [9.17, 15) is 4.79 Å². The third-order valence-electron chi connectivity index (χ3n) is 4.19. The van der Waals surface area contributed by atoms with Crippen LogP contribution in [0.4, 0.5) is 0 Å². The molecule has 0 heterocycles. The molecule has 0 saturated carbocycles. The second-order valence-electron chi connectivity index (χ2n) is 6.46. The van der Waals surface area contributed by atoms with Gasteiger partial charge in [0.2, 0.25) is 0 Å². The highest BCUT2D eigenvalue weighted by molar-refractivity contribution is 5.81. The van der Waals surface area contributed by atoms with Crippen LogP contribution < -0.4 is 14.8 Å². The summed E-state index contributed by atoms with van der Waals surface area (Å²) in [5.41, 5.74) is 2.12. The van der Waals surface area contributed by atoms with Gasteiger partial charge in [-0.2, -0.15) is 0 Å². The Balaban J connectivity index is 2.00. The number of benzene rings is 2. The molecular weight excluding hydrogens is 314 g/mol. The standard InChI is InChI=1S/C21H27NO3/c1-14(2)19-8-6-7-9-20(19)25-16(4)21(23)22-15(3)17-10-12-18(24-5)13-11-17/h6-16H,1-5H3,(H,22,23)/t15-,16-/m1/s1. The molecule has 2 aromatic rings. The Kier molecular flexibility index (Phi) is 6.45. The van der Waals surface area contributed by atoms with E-state index in [4.69, 9.17) is 9.47 Å². The first-order chi connectivity index (χ1) is 11.9. The molecule has 1 amide bonds. The molecule has 0 bridgehead atoms. The Hall–Kier alpha value is -2.49. The van der Waals surface area contributed by atoms with Gasteiger partial charge in [0.15, 0.2) is 6.10 Å². The van der Waals surface area contributed by atoms with Gasteiger partial charge in [-0.15, -0.1) is 0 Å². The minimum atomic E-state index is -0.569. The number of rotatable bonds is 7. The molecule has 0 saturated heterocycles. The van der Waals surface area contributed by atoms with Crippen molar-refractivity contribution in [1.29, 1.82) is 0 Å². The lowest BCUT2D eigenvalue weighted by molar-refractivity contribution is -0.127. The van der Waals surface area contributed by atoms with E-state index in [-0.39, 0.29) is 11.9 Å². The minimum absolute atomic E-state index is 0.107. The summed E-state index contributed by atoms with van der Waals surface area (Å²) < 4.78 is 11.1. The number of carbonyl (C=O) groups excluding carboxylic acids is 1. The van der Waals surface area contributed by atoms with Crippen LogP contribution in [-0.4, -0.2) is 19.1 Å². The van der Waals surface area contributed by atoms with Crippen LogP contribution >= 0.6 is 0 Å². The van der Waals surface area contributed by atoms with E-state index in [1.165, 1.54) is 0 Å². The highest BCUT2D eigenvalue weighted by Gasteiger charge is 2.19. The molecule has 0 radical (unpaired) electrons. The first-order valence-corrected chi connectivity index (χ1v) is 8.62. The summed E-state index contributed by atoms with van der Waals surface area (Å²) in [6, 6.07) is 15.4. The van der Waals surface area contributed by atoms with Gasteiger partial charge in [0.1, 0.15) is 11.5 Å². The number of nitrogens with one attached hydrogen (secondary N) is 1. The number of para-hydroxylation sites is 1. The molecule has 0 aliphatic rings. The molecule has 2 aromatic carbocycles. The first-order valence-electron chi connectivity index (χ1n) is 8.62. The maximum Gasteiger partial charge on any atom is 0.261 e. The molecule has 0 fully saturated rings. The quantitative estimate of drug-likeness (QED) is 0.808. The zero-order valence-electron chi connectivity index (χ0n) is 15.6. The Labute approximate surface area is 150 Å². The van der Waals surface area contributed by atoms with Crippen LogP contribution in [0.15, 0.2) is 48.5 Å². The highest BCUT2D eigenvalue weighted by atomic mass is 16.5. The van der Waals surface area contributed by atoms with Crippen molar-refractivity contribution in [3.05, 3.63) is 59.7 Å². The van der Waals surface area contributed by atoms with Crippen LogP contribution in [0.2, 0.25) is 0 Å². The van der Waals surface area contributed by atoms with Gasteiger partial charge in [-0.05, 0) is 49.1 Å². The summed E-state index contributed by atoms with van der Waals surface area (Å²) in [6.07, 6.45) is -0.569. The summed E-state index contributed by atoms with van der Waals surface area (Å²) in [6.45, 7) is 7.94. The van der Waals surface area contributed by atoms with Gasteiger partial charge in [0, 0.05) is 0 Å². The average Bonchev–Trinajstić information content (AvgIpc) is 2.61. The van der Waals surface area contributed by atoms with Crippen LogP contribution in [0.1, 0.15) is 50.8 Å². The third-order valence-corrected chi connectivity index (χ3v) is 4.19. The molecule has 0 aromatic heterocycles. The van der Waals surface area contributed by atoms with Crippen molar-refractivity contribution in [1.82, 2.24) is 5.32 Å². The van der Waals surface area contributed by atoms with Gasteiger partial charge >= 0.3 is 0 Å². The molecule has 134 valence electrons. The van der Waals surface area contributed by atoms with E-state index < -0.39 is 6.10 Å². The van der Waals surface area contributed by atoms with Crippen LogP contribution in [0.3, 0.4) is 0 Å². The summed E-state index contributed by atoms with van der Waals surface area (Å²) in [7, 11) is 1.63. The monoisotopic (exact) mass is 341 g/mol. The van der Waals surface area contributed by atoms with E-state index in [1.807, 2.05) is 55.5 Å². The first kappa shape index (κ1) is 18.8. The van der Waals surface area contributed by atoms with Crippen LogP contribution in [0.5, 0.6) is 11.5 Å². The molecule has 1 N–H and O–H groups in total. The van der Waals surface area contributed by atoms with Crippen molar-refractivity contribution in [2.24, 2.45) is 0 Å². The topological polar surface area (TPSA) is 47.6 Å². The predicted molar refractivity (Wildman–Crippen MR) is 100 cm³/mol. The minimum Gasteiger partial charge on any atom is -0.497 e. The zero-order chi connectivity index (χ0) is 18.4. The van der Waals surface area contributed by atoms with Crippen molar-refractivity contribution < 1.29 is 14.3 Å². The fourth-order valence-electron chi connectivity index (χ4n) is 2.62. The molecular formula is C21H27NO3. The maximum absolute atomic E-state index is 12.5. The number of carbonyl (C=O) groups is 1. The number of amides is 1. The Morgan fingerprint density at radius 2 is 1.60 bits per heavy atom. The summed E-state index contributed by atoms with van der Waals surface area (Å²) in [5.74, 6) is 1.76. The van der Waals surface area contributed by atoms with Gasteiger partial charge in [0.05, 0.1) is 13.2 Å². The summed E-state index contributed by atoms with van der Waals surface area (Å²) in [4.78, 5) is 12.5. The molecule has 4 heteroatoms. The van der Waals surface area contributed by atoms with E-state index >= 15 is 0 Å². The van der Waals surface area contributed by atoms with E-state index in [2.05, 4.69) is 19.2 Å². The fraction of sp³-hybridized carbons (Fsp3) is 0.381. The molecule has 0 aliphatic carbocycles. The number of ether oxygens (including phenoxy) is 2. The van der Waals surface area contributed by atoms with Gasteiger partial charge in [-0.25, -0.2) is 0 Å². The zero-order valence-corrected chi connectivity index (χ0v) is 15.6. The lowest BCUT2D eigenvalue weighted by Gasteiger charge is -2.21. The van der Waals surface area contributed by atoms with Gasteiger partial charge in [-0.3, -0.25) is 4.79 Å². The van der Waals surface area contributed by atoms with Crippen LogP contribution in [-0.2, 0) is 4.79 Å². The highest BCUT2D eigenvalue weighted by Crippen LogP contribution is 2.27. The van der Waals surface area contributed by atoms with Gasteiger partial charge in [0.25, 0.3) is 5.91 Å². The molecule has 0 unspecified atom stereocenters. The largest absolute Gasteiger partial charge is 0.497 e. The van der Waals surface area contributed by atoms with Crippen molar-refractivity contribution in [3.63, 3.8) is 0 Å². The Bertz CT molecular complexity index is 695. The fourth-order valence-corrected chi connectivity index (χ4v) is 2.62. The second-order valence-corrected chi connectivity index (χ2v) is 6.46. The van der Waals surface area contributed by atoms with E-state index in [1.54, 1.807) is 14.0 Å². The van der Waals surface area contributed by atoms with Crippen LogP contribution in [0.25, 0.3) is 0 Å². The molecule has 0 spiro atoms.